The summed E-state index contributed by atoms with van der Waals surface area (Å²) >= 11 is 1.77. The van der Waals surface area contributed by atoms with Crippen LogP contribution in [0.3, 0.4) is 0 Å². The van der Waals surface area contributed by atoms with Crippen LogP contribution in [-0.4, -0.2) is 35.5 Å². The molecule has 0 atom stereocenters. The average molecular weight is 225 g/mol. The molecule has 0 saturated carbocycles. The first kappa shape index (κ1) is 11.8. The maximum Gasteiger partial charge on any atom is 0.188 e. The fourth-order valence-electron chi connectivity index (χ4n) is 0.924. The molecule has 82 valence electrons. The van der Waals surface area contributed by atoms with Gasteiger partial charge in [-0.25, -0.2) is 0 Å². The van der Waals surface area contributed by atoms with Crippen molar-refractivity contribution in [3.8, 4) is 0 Å². The van der Waals surface area contributed by atoms with Crippen LogP contribution in [0.1, 0.15) is 5.69 Å². The Morgan fingerprint density at radius 1 is 1.60 bits per heavy atom. The highest BCUT2D eigenvalue weighted by Crippen LogP contribution is 2.07. The molecule has 0 aromatic carbocycles. The van der Waals surface area contributed by atoms with E-state index in [0.29, 0.717) is 5.96 Å². The van der Waals surface area contributed by atoms with Crippen molar-refractivity contribution in [3.63, 3.8) is 0 Å². The minimum absolute atomic E-state index is 0.357. The van der Waals surface area contributed by atoms with Crippen molar-refractivity contribution < 1.29 is 0 Å². The van der Waals surface area contributed by atoms with Gasteiger partial charge in [0.25, 0.3) is 0 Å². The highest BCUT2D eigenvalue weighted by molar-refractivity contribution is 7.98. The molecule has 0 spiro atoms. The number of thioether (sulfide) groups is 1. The number of nitrogens with zero attached hydrogens (tertiary/aromatic N) is 2. The van der Waals surface area contributed by atoms with Crippen LogP contribution in [0.25, 0.3) is 0 Å². The molecule has 0 radical (unpaired) electrons. The lowest BCUT2D eigenvalue weighted by molar-refractivity contribution is 0.905. The van der Waals surface area contributed by atoms with Crippen molar-refractivity contribution in [2.45, 2.75) is 5.75 Å². The van der Waals surface area contributed by atoms with Gasteiger partial charge in [-0.1, -0.05) is 0 Å². The third-order valence-corrected chi connectivity index (χ3v) is 2.67. The first-order valence-electron chi connectivity index (χ1n) is 4.67. The molecular formula is C9H15N5S. The summed E-state index contributed by atoms with van der Waals surface area (Å²) in [7, 11) is 1.72. The van der Waals surface area contributed by atoms with E-state index in [2.05, 4.69) is 20.8 Å². The molecule has 0 amide bonds. The fraction of sp³-hybridized carbons (Fsp3) is 0.444. The zero-order valence-electron chi connectivity index (χ0n) is 8.66. The van der Waals surface area contributed by atoms with Gasteiger partial charge in [-0.3, -0.25) is 5.41 Å². The van der Waals surface area contributed by atoms with Gasteiger partial charge in [0.1, 0.15) is 0 Å². The van der Waals surface area contributed by atoms with Crippen LogP contribution in [0.4, 0.5) is 0 Å². The Labute approximate surface area is 93.6 Å². The Kier molecular flexibility index (Phi) is 5.54. The van der Waals surface area contributed by atoms with Crippen molar-refractivity contribution >= 4 is 17.7 Å². The predicted molar refractivity (Wildman–Crippen MR) is 63.0 cm³/mol. The predicted octanol–water partition coefficient (Wildman–Crippen LogP) is 0.454. The van der Waals surface area contributed by atoms with E-state index in [-0.39, 0.29) is 0 Å². The summed E-state index contributed by atoms with van der Waals surface area (Å²) in [6.45, 7) is 0.782. The molecule has 1 aromatic heterocycles. The van der Waals surface area contributed by atoms with Gasteiger partial charge in [-0.2, -0.15) is 22.0 Å². The van der Waals surface area contributed by atoms with Gasteiger partial charge in [0.15, 0.2) is 5.96 Å². The molecule has 0 saturated heterocycles. The summed E-state index contributed by atoms with van der Waals surface area (Å²) in [4.78, 5) is 0. The number of hydrogen-bond donors (Lipinski definition) is 3. The molecule has 1 heterocycles. The summed E-state index contributed by atoms with van der Waals surface area (Å²) in [5.74, 6) is 2.17. The smallest absolute Gasteiger partial charge is 0.188 e. The van der Waals surface area contributed by atoms with Crippen LogP contribution < -0.4 is 10.6 Å². The quantitative estimate of drug-likeness (QED) is 0.385. The molecule has 1 rings (SSSR count). The number of nitrogens with one attached hydrogen (secondary N) is 3. The van der Waals surface area contributed by atoms with Gasteiger partial charge in [-0.15, -0.1) is 0 Å². The van der Waals surface area contributed by atoms with E-state index < -0.39 is 0 Å². The first-order valence-corrected chi connectivity index (χ1v) is 5.83. The SMILES string of the molecule is CNC(=N)NCCSCc1cccnn1. The zero-order valence-corrected chi connectivity index (χ0v) is 9.47. The molecule has 1 aromatic rings. The van der Waals surface area contributed by atoms with Crippen molar-refractivity contribution in [1.82, 2.24) is 20.8 Å². The van der Waals surface area contributed by atoms with Gasteiger partial charge in [0.05, 0.1) is 5.69 Å². The molecule has 0 bridgehead atoms. The number of guanidine groups is 1. The molecule has 6 heteroatoms. The van der Waals surface area contributed by atoms with E-state index in [0.717, 1.165) is 23.7 Å². The Hall–Kier alpha value is -1.30. The highest BCUT2D eigenvalue weighted by Gasteiger charge is 1.95. The molecule has 0 unspecified atom stereocenters. The number of hydrogen-bond acceptors (Lipinski definition) is 4. The zero-order chi connectivity index (χ0) is 10.9. The summed E-state index contributed by atoms with van der Waals surface area (Å²) in [6, 6.07) is 3.85. The van der Waals surface area contributed by atoms with Crippen LogP contribution in [0.2, 0.25) is 0 Å². The van der Waals surface area contributed by atoms with E-state index in [1.165, 1.54) is 0 Å². The van der Waals surface area contributed by atoms with Gasteiger partial charge in [0.2, 0.25) is 0 Å². The molecule has 0 aliphatic rings. The van der Waals surface area contributed by atoms with Gasteiger partial charge >= 0.3 is 0 Å². The standard InChI is InChI=1S/C9H15N5S/c1-11-9(10)12-5-6-15-7-8-3-2-4-13-14-8/h2-4H,5-7H2,1H3,(H3,10,11,12). The first-order chi connectivity index (χ1) is 7.33. The normalized spacial score (nSPS) is 9.67. The van der Waals surface area contributed by atoms with Crippen molar-refractivity contribution in [2.24, 2.45) is 0 Å². The second-order valence-electron chi connectivity index (χ2n) is 2.82. The van der Waals surface area contributed by atoms with Crippen LogP contribution in [0.15, 0.2) is 18.3 Å². The van der Waals surface area contributed by atoms with Gasteiger partial charge in [-0.05, 0) is 12.1 Å². The fourth-order valence-corrected chi connectivity index (χ4v) is 1.68. The van der Waals surface area contributed by atoms with Crippen LogP contribution in [0.5, 0.6) is 0 Å². The third kappa shape index (κ3) is 5.21. The molecule has 3 N–H and O–H groups in total. The lowest BCUT2D eigenvalue weighted by Gasteiger charge is -2.05. The van der Waals surface area contributed by atoms with E-state index in [4.69, 9.17) is 5.41 Å². The molecule has 0 aliphatic heterocycles. The molecule has 15 heavy (non-hydrogen) atoms. The molecule has 0 aliphatic carbocycles. The lowest BCUT2D eigenvalue weighted by Crippen LogP contribution is -2.34. The van der Waals surface area contributed by atoms with Crippen molar-refractivity contribution in [2.75, 3.05) is 19.3 Å². The number of rotatable bonds is 5. The second-order valence-corrected chi connectivity index (χ2v) is 3.92. The Morgan fingerprint density at radius 2 is 2.47 bits per heavy atom. The monoisotopic (exact) mass is 225 g/mol. The summed E-state index contributed by atoms with van der Waals surface area (Å²) in [6.07, 6.45) is 1.67. The number of aromatic nitrogens is 2. The highest BCUT2D eigenvalue weighted by atomic mass is 32.2. The van der Waals surface area contributed by atoms with Crippen LogP contribution >= 0.6 is 11.8 Å². The molecule has 5 nitrogen and oxygen atoms in total. The Bertz CT molecular complexity index is 290. The molecule has 0 fully saturated rings. The van der Waals surface area contributed by atoms with Gasteiger partial charge < -0.3 is 10.6 Å². The topological polar surface area (TPSA) is 73.7 Å². The largest absolute Gasteiger partial charge is 0.360 e. The van der Waals surface area contributed by atoms with Crippen molar-refractivity contribution in [1.29, 1.82) is 5.41 Å². The average Bonchev–Trinajstić information content (AvgIpc) is 2.29. The van der Waals surface area contributed by atoms with E-state index in [9.17, 15) is 0 Å². The van der Waals surface area contributed by atoms with E-state index >= 15 is 0 Å². The van der Waals surface area contributed by atoms with Crippen LogP contribution in [-0.2, 0) is 5.75 Å². The van der Waals surface area contributed by atoms with Gasteiger partial charge in [0, 0.05) is 31.3 Å². The minimum atomic E-state index is 0.357. The van der Waals surface area contributed by atoms with E-state index in [1.54, 1.807) is 25.0 Å². The van der Waals surface area contributed by atoms with Crippen molar-refractivity contribution in [3.05, 3.63) is 24.0 Å². The maximum atomic E-state index is 7.28. The minimum Gasteiger partial charge on any atom is -0.360 e. The molecular weight excluding hydrogens is 210 g/mol. The lowest BCUT2D eigenvalue weighted by atomic mass is 10.4. The summed E-state index contributed by atoms with van der Waals surface area (Å²) < 4.78 is 0. The maximum absolute atomic E-state index is 7.28. The van der Waals surface area contributed by atoms with Crippen LogP contribution in [0, 0.1) is 5.41 Å². The Morgan fingerprint density at radius 3 is 3.13 bits per heavy atom. The van der Waals surface area contributed by atoms with E-state index in [1.807, 2.05) is 12.1 Å². The Balaban J connectivity index is 2.05. The third-order valence-electron chi connectivity index (χ3n) is 1.68. The summed E-state index contributed by atoms with van der Waals surface area (Å²) in [5.41, 5.74) is 0.992. The second kappa shape index (κ2) is 7.05. The summed E-state index contributed by atoms with van der Waals surface area (Å²) in [5, 5.41) is 20.7.